The molecule has 0 aliphatic rings. The van der Waals surface area contributed by atoms with E-state index in [9.17, 15) is 0 Å². The summed E-state index contributed by atoms with van der Waals surface area (Å²) in [7, 11) is 2.45. The van der Waals surface area contributed by atoms with Gasteiger partial charge < -0.3 is 13.3 Å². The number of rotatable bonds is 7. The van der Waals surface area contributed by atoms with Gasteiger partial charge in [-0.3, -0.25) is 0 Å². The number of thiol groups is 1. The van der Waals surface area contributed by atoms with E-state index in [1.165, 1.54) is 0 Å². The highest BCUT2D eigenvalue weighted by molar-refractivity contribution is 7.81. The minimum atomic E-state index is -2.51. The zero-order valence-corrected chi connectivity index (χ0v) is 11.6. The molecule has 2 unspecified atom stereocenters. The SMILES string of the molecule is CCCC(C(C)S)[Si](OC)(OC)OC. The average molecular weight is 238 g/mol. The van der Waals surface area contributed by atoms with Gasteiger partial charge in [0.05, 0.1) is 0 Å². The molecule has 0 fully saturated rings. The normalized spacial score (nSPS) is 16.7. The Balaban J connectivity index is 4.70. The third kappa shape index (κ3) is 3.24. The van der Waals surface area contributed by atoms with Crippen LogP contribution < -0.4 is 0 Å². The molecule has 0 bridgehead atoms. The maximum atomic E-state index is 5.46. The third-order valence-electron chi connectivity index (χ3n) is 2.49. The van der Waals surface area contributed by atoms with Gasteiger partial charge in [0, 0.05) is 32.1 Å². The lowest BCUT2D eigenvalue weighted by Gasteiger charge is -2.34. The predicted octanol–water partition coefficient (Wildman–Crippen LogP) is 2.35. The van der Waals surface area contributed by atoms with Crippen LogP contribution >= 0.6 is 12.6 Å². The van der Waals surface area contributed by atoms with E-state index in [2.05, 4.69) is 26.5 Å². The van der Waals surface area contributed by atoms with Crippen molar-refractivity contribution in [2.24, 2.45) is 0 Å². The van der Waals surface area contributed by atoms with Crippen molar-refractivity contribution >= 4 is 21.4 Å². The zero-order chi connectivity index (χ0) is 11.2. The van der Waals surface area contributed by atoms with E-state index < -0.39 is 8.80 Å². The molecule has 0 amide bonds. The summed E-state index contributed by atoms with van der Waals surface area (Å²) in [5.41, 5.74) is 0.260. The molecule has 0 heterocycles. The van der Waals surface area contributed by atoms with E-state index in [1.54, 1.807) is 21.3 Å². The summed E-state index contributed by atoms with van der Waals surface area (Å²) in [5, 5.41) is 0.224. The van der Waals surface area contributed by atoms with E-state index >= 15 is 0 Å². The van der Waals surface area contributed by atoms with Crippen LogP contribution in [0.25, 0.3) is 0 Å². The summed E-state index contributed by atoms with van der Waals surface area (Å²) in [6.07, 6.45) is 2.10. The molecule has 5 heteroatoms. The summed E-state index contributed by atoms with van der Waals surface area (Å²) in [4.78, 5) is 0. The molecule has 2 atom stereocenters. The topological polar surface area (TPSA) is 27.7 Å². The largest absolute Gasteiger partial charge is 0.504 e. The average Bonchev–Trinajstić information content (AvgIpc) is 2.19. The summed E-state index contributed by atoms with van der Waals surface area (Å²) < 4.78 is 16.4. The Bertz CT molecular complexity index is 143. The quantitative estimate of drug-likeness (QED) is 0.545. The Hall–Kier alpha value is 0.447. The standard InChI is InChI=1S/C9H22O3SSi/c1-6-7-9(8(2)13)14(10-3,11-4)12-5/h8-9,13H,6-7H2,1-5H3. The Morgan fingerprint density at radius 3 is 1.79 bits per heavy atom. The first kappa shape index (κ1) is 14.4. The van der Waals surface area contributed by atoms with E-state index in [0.29, 0.717) is 0 Å². The van der Waals surface area contributed by atoms with Crippen LogP contribution in [0, 0.1) is 0 Å². The van der Waals surface area contributed by atoms with Gasteiger partial charge in [-0.15, -0.1) is 0 Å². The van der Waals surface area contributed by atoms with Crippen molar-refractivity contribution in [2.75, 3.05) is 21.3 Å². The van der Waals surface area contributed by atoms with Gasteiger partial charge in [-0.25, -0.2) is 0 Å². The maximum absolute atomic E-state index is 5.46. The van der Waals surface area contributed by atoms with Crippen LogP contribution in [0.5, 0.6) is 0 Å². The first-order valence-electron chi connectivity index (χ1n) is 4.91. The van der Waals surface area contributed by atoms with Crippen molar-refractivity contribution in [1.29, 1.82) is 0 Å². The van der Waals surface area contributed by atoms with Gasteiger partial charge in [-0.2, -0.15) is 12.6 Å². The van der Waals surface area contributed by atoms with Crippen molar-refractivity contribution in [3.8, 4) is 0 Å². The van der Waals surface area contributed by atoms with Crippen molar-refractivity contribution in [3.63, 3.8) is 0 Å². The first-order chi connectivity index (χ1) is 6.57. The molecule has 0 aromatic heterocycles. The first-order valence-corrected chi connectivity index (χ1v) is 7.23. The molecule has 0 rings (SSSR count). The van der Waals surface area contributed by atoms with Crippen LogP contribution in [0.15, 0.2) is 0 Å². The van der Waals surface area contributed by atoms with Gasteiger partial charge in [0.1, 0.15) is 0 Å². The summed E-state index contributed by atoms with van der Waals surface area (Å²) in [5.74, 6) is 0. The highest BCUT2D eigenvalue weighted by atomic mass is 32.1. The number of hydrogen-bond donors (Lipinski definition) is 1. The molecular formula is C9H22O3SSi. The van der Waals surface area contributed by atoms with E-state index in [0.717, 1.165) is 12.8 Å². The number of hydrogen-bond acceptors (Lipinski definition) is 4. The molecule has 0 radical (unpaired) electrons. The Kier molecular flexibility index (Phi) is 7.06. The maximum Gasteiger partial charge on any atom is 0.504 e. The van der Waals surface area contributed by atoms with E-state index in [-0.39, 0.29) is 10.8 Å². The summed E-state index contributed by atoms with van der Waals surface area (Å²) in [6.45, 7) is 4.20. The highest BCUT2D eigenvalue weighted by Gasteiger charge is 2.48. The Labute approximate surface area is 93.9 Å². The van der Waals surface area contributed by atoms with E-state index in [4.69, 9.17) is 13.3 Å². The van der Waals surface area contributed by atoms with Crippen LogP contribution in [0.3, 0.4) is 0 Å². The lowest BCUT2D eigenvalue weighted by molar-refractivity contribution is 0.109. The molecular weight excluding hydrogens is 216 g/mol. The minimum absolute atomic E-state index is 0.224. The summed E-state index contributed by atoms with van der Waals surface area (Å²) in [6, 6.07) is 0. The van der Waals surface area contributed by atoms with Crippen LogP contribution in [0.4, 0.5) is 0 Å². The molecule has 0 aromatic rings. The van der Waals surface area contributed by atoms with Gasteiger partial charge in [0.15, 0.2) is 0 Å². The molecule has 0 aromatic carbocycles. The predicted molar refractivity (Wildman–Crippen MR) is 63.9 cm³/mol. The molecule has 0 aliphatic carbocycles. The van der Waals surface area contributed by atoms with Crippen LogP contribution in [0.1, 0.15) is 26.7 Å². The fraction of sp³-hybridized carbons (Fsp3) is 1.00. The second kappa shape index (κ2) is 6.84. The molecule has 86 valence electrons. The minimum Gasteiger partial charge on any atom is -0.377 e. The Morgan fingerprint density at radius 1 is 1.14 bits per heavy atom. The molecule has 0 saturated carbocycles. The van der Waals surface area contributed by atoms with Crippen LogP contribution in [-0.4, -0.2) is 35.4 Å². The molecule has 0 saturated heterocycles. The lowest BCUT2D eigenvalue weighted by Crippen LogP contribution is -2.50. The second-order valence-corrected chi connectivity index (χ2v) is 7.34. The molecule has 0 spiro atoms. The van der Waals surface area contributed by atoms with Crippen LogP contribution in [0.2, 0.25) is 5.54 Å². The van der Waals surface area contributed by atoms with Crippen molar-refractivity contribution in [2.45, 2.75) is 37.5 Å². The van der Waals surface area contributed by atoms with Gasteiger partial charge >= 0.3 is 8.80 Å². The van der Waals surface area contributed by atoms with Gasteiger partial charge in [0.2, 0.25) is 0 Å². The van der Waals surface area contributed by atoms with Gasteiger partial charge in [0.25, 0.3) is 0 Å². The third-order valence-corrected chi connectivity index (χ3v) is 6.53. The van der Waals surface area contributed by atoms with Gasteiger partial charge in [-0.05, 0) is 6.42 Å². The van der Waals surface area contributed by atoms with E-state index in [1.807, 2.05) is 0 Å². The van der Waals surface area contributed by atoms with Crippen molar-refractivity contribution in [3.05, 3.63) is 0 Å². The van der Waals surface area contributed by atoms with Gasteiger partial charge in [-0.1, -0.05) is 20.3 Å². The molecule has 3 nitrogen and oxygen atoms in total. The molecule has 0 N–H and O–H groups in total. The summed E-state index contributed by atoms with van der Waals surface area (Å²) >= 11 is 4.48. The fourth-order valence-corrected chi connectivity index (χ4v) is 5.07. The second-order valence-electron chi connectivity index (χ2n) is 3.35. The molecule has 14 heavy (non-hydrogen) atoms. The highest BCUT2D eigenvalue weighted by Crippen LogP contribution is 2.34. The van der Waals surface area contributed by atoms with Crippen molar-refractivity contribution < 1.29 is 13.3 Å². The van der Waals surface area contributed by atoms with Crippen molar-refractivity contribution in [1.82, 2.24) is 0 Å². The fourth-order valence-electron chi connectivity index (χ4n) is 1.73. The van der Waals surface area contributed by atoms with Crippen LogP contribution in [-0.2, 0) is 13.3 Å². The lowest BCUT2D eigenvalue weighted by atomic mass is 10.2. The monoisotopic (exact) mass is 238 g/mol. The smallest absolute Gasteiger partial charge is 0.377 e. The Morgan fingerprint density at radius 2 is 1.57 bits per heavy atom. The zero-order valence-electron chi connectivity index (χ0n) is 9.74. The molecule has 0 aliphatic heterocycles.